The molecule has 1 amide bonds. The van der Waals surface area contributed by atoms with E-state index in [1.165, 1.54) is 12.1 Å². The lowest BCUT2D eigenvalue weighted by molar-refractivity contribution is -0.120. The number of anilines is 1. The molecule has 6 nitrogen and oxygen atoms in total. The van der Waals surface area contributed by atoms with Gasteiger partial charge in [0, 0.05) is 11.7 Å². The highest BCUT2D eigenvalue weighted by molar-refractivity contribution is 5.94. The quantitative estimate of drug-likeness (QED) is 0.739. The Morgan fingerprint density at radius 3 is 2.53 bits per heavy atom. The first-order chi connectivity index (χ1) is 9.11. The fourth-order valence-electron chi connectivity index (χ4n) is 2.03. The van der Waals surface area contributed by atoms with Crippen LogP contribution in [-0.2, 0) is 9.53 Å². The molecule has 1 saturated heterocycles. The molecule has 0 saturated carbocycles. The van der Waals surface area contributed by atoms with Gasteiger partial charge in [-0.3, -0.25) is 4.79 Å². The Hall–Kier alpha value is -1.92. The zero-order valence-corrected chi connectivity index (χ0v) is 10.6. The van der Waals surface area contributed by atoms with Crippen molar-refractivity contribution in [3.05, 3.63) is 29.8 Å². The molecule has 6 heteroatoms. The molecule has 0 aliphatic carbocycles. The molecule has 19 heavy (non-hydrogen) atoms. The summed E-state index contributed by atoms with van der Waals surface area (Å²) >= 11 is 0. The second-order valence-electron chi connectivity index (χ2n) is 4.41. The molecule has 1 fully saturated rings. The molecule has 0 bridgehead atoms. The third-order valence-corrected chi connectivity index (χ3v) is 3.19. The summed E-state index contributed by atoms with van der Waals surface area (Å²) in [5.74, 6) is -1.35. The van der Waals surface area contributed by atoms with Crippen LogP contribution < -0.4 is 10.6 Å². The van der Waals surface area contributed by atoms with E-state index in [0.717, 1.165) is 0 Å². The van der Waals surface area contributed by atoms with Gasteiger partial charge in [0.2, 0.25) is 5.91 Å². The summed E-state index contributed by atoms with van der Waals surface area (Å²) in [7, 11) is 1.79. The summed E-state index contributed by atoms with van der Waals surface area (Å²) in [5, 5.41) is 14.6. The molecule has 1 aliphatic rings. The lowest BCUT2D eigenvalue weighted by Gasteiger charge is -2.16. The molecule has 102 valence electrons. The van der Waals surface area contributed by atoms with E-state index in [-0.39, 0.29) is 23.4 Å². The van der Waals surface area contributed by atoms with Gasteiger partial charge in [-0.25, -0.2) is 4.79 Å². The van der Waals surface area contributed by atoms with E-state index in [4.69, 9.17) is 9.84 Å². The van der Waals surface area contributed by atoms with E-state index < -0.39 is 5.97 Å². The highest BCUT2D eigenvalue weighted by Gasteiger charge is 2.32. The molecule has 0 radical (unpaired) electrons. The van der Waals surface area contributed by atoms with Gasteiger partial charge in [0.05, 0.1) is 24.7 Å². The number of carbonyl (C=O) groups is 2. The number of rotatable bonds is 4. The standard InChI is InChI=1S/C13H16N2O4/c1-14-11-7-19-6-10(11)12(16)15-9-4-2-8(3-5-9)13(17)18/h2-5,10-11,14H,6-7H2,1H3,(H,15,16)(H,17,18). The van der Waals surface area contributed by atoms with E-state index in [1.807, 2.05) is 0 Å². The number of nitrogens with one attached hydrogen (secondary N) is 2. The predicted molar refractivity (Wildman–Crippen MR) is 69.2 cm³/mol. The molecule has 0 aromatic heterocycles. The second-order valence-corrected chi connectivity index (χ2v) is 4.41. The van der Waals surface area contributed by atoms with Crippen LogP contribution in [0.5, 0.6) is 0 Å². The van der Waals surface area contributed by atoms with Crippen LogP contribution in [-0.4, -0.2) is 43.3 Å². The number of carboxylic acids is 1. The SMILES string of the molecule is CNC1COCC1C(=O)Nc1ccc(C(=O)O)cc1. The zero-order chi connectivity index (χ0) is 13.8. The van der Waals surface area contributed by atoms with Gasteiger partial charge in [0.1, 0.15) is 0 Å². The second kappa shape index (κ2) is 5.81. The monoisotopic (exact) mass is 264 g/mol. The molecule has 1 heterocycles. The number of carbonyl (C=O) groups excluding carboxylic acids is 1. The van der Waals surface area contributed by atoms with Crippen molar-refractivity contribution in [1.29, 1.82) is 0 Å². The summed E-state index contributed by atoms with van der Waals surface area (Å²) in [6.07, 6.45) is 0. The number of ether oxygens (including phenoxy) is 1. The van der Waals surface area contributed by atoms with E-state index >= 15 is 0 Å². The molecule has 3 N–H and O–H groups in total. The van der Waals surface area contributed by atoms with Gasteiger partial charge in [0.25, 0.3) is 0 Å². The number of amides is 1. The van der Waals surface area contributed by atoms with E-state index in [1.54, 1.807) is 19.2 Å². The molecule has 2 atom stereocenters. The third-order valence-electron chi connectivity index (χ3n) is 3.19. The fraction of sp³-hybridized carbons (Fsp3) is 0.385. The van der Waals surface area contributed by atoms with Crippen molar-refractivity contribution in [3.63, 3.8) is 0 Å². The van der Waals surface area contributed by atoms with Gasteiger partial charge in [-0.1, -0.05) is 0 Å². The van der Waals surface area contributed by atoms with Crippen molar-refractivity contribution in [1.82, 2.24) is 5.32 Å². The average Bonchev–Trinajstić information content (AvgIpc) is 2.87. The molecular formula is C13H16N2O4. The predicted octanol–water partition coefficient (Wildman–Crippen LogP) is 0.558. The van der Waals surface area contributed by atoms with Crippen molar-refractivity contribution < 1.29 is 19.4 Å². The van der Waals surface area contributed by atoms with Gasteiger partial charge in [-0.15, -0.1) is 0 Å². The summed E-state index contributed by atoms with van der Waals surface area (Å²) in [4.78, 5) is 22.8. The number of aromatic carboxylic acids is 1. The molecule has 0 spiro atoms. The van der Waals surface area contributed by atoms with Gasteiger partial charge < -0.3 is 20.5 Å². The first kappa shape index (κ1) is 13.5. The molecule has 1 aromatic carbocycles. The number of benzene rings is 1. The number of hydrogen-bond acceptors (Lipinski definition) is 4. The lowest BCUT2D eigenvalue weighted by Crippen LogP contribution is -2.39. The maximum Gasteiger partial charge on any atom is 0.335 e. The number of hydrogen-bond donors (Lipinski definition) is 3. The van der Waals surface area contributed by atoms with Gasteiger partial charge in [-0.2, -0.15) is 0 Å². The molecule has 1 aliphatic heterocycles. The van der Waals surface area contributed by atoms with Crippen LogP contribution in [0.25, 0.3) is 0 Å². The Kier molecular flexibility index (Phi) is 4.13. The molecule has 2 unspecified atom stereocenters. The minimum absolute atomic E-state index is 0.0123. The zero-order valence-electron chi connectivity index (χ0n) is 10.6. The van der Waals surface area contributed by atoms with Crippen LogP contribution in [0.2, 0.25) is 0 Å². The molecule has 1 aromatic rings. The topological polar surface area (TPSA) is 87.7 Å². The first-order valence-electron chi connectivity index (χ1n) is 6.01. The highest BCUT2D eigenvalue weighted by atomic mass is 16.5. The highest BCUT2D eigenvalue weighted by Crippen LogP contribution is 2.17. The van der Waals surface area contributed by atoms with Crippen LogP contribution in [0, 0.1) is 5.92 Å². The first-order valence-corrected chi connectivity index (χ1v) is 6.01. The third kappa shape index (κ3) is 3.10. The normalized spacial score (nSPS) is 22.2. The summed E-state index contributed by atoms with van der Waals surface area (Å²) in [6, 6.07) is 6.08. The Morgan fingerprint density at radius 2 is 1.95 bits per heavy atom. The Morgan fingerprint density at radius 1 is 1.26 bits per heavy atom. The van der Waals surface area contributed by atoms with Crippen molar-refractivity contribution in [2.45, 2.75) is 6.04 Å². The van der Waals surface area contributed by atoms with E-state index in [0.29, 0.717) is 18.9 Å². The Balaban J connectivity index is 2.00. The van der Waals surface area contributed by atoms with E-state index in [9.17, 15) is 9.59 Å². The maximum atomic E-state index is 12.1. The van der Waals surface area contributed by atoms with Crippen molar-refractivity contribution >= 4 is 17.6 Å². The largest absolute Gasteiger partial charge is 0.478 e. The van der Waals surface area contributed by atoms with Gasteiger partial charge in [0.15, 0.2) is 0 Å². The summed E-state index contributed by atoms with van der Waals surface area (Å²) in [5.41, 5.74) is 0.770. The lowest BCUT2D eigenvalue weighted by atomic mass is 10.0. The van der Waals surface area contributed by atoms with Crippen LogP contribution in [0.1, 0.15) is 10.4 Å². The van der Waals surface area contributed by atoms with Crippen LogP contribution in [0.4, 0.5) is 5.69 Å². The van der Waals surface area contributed by atoms with Gasteiger partial charge in [-0.05, 0) is 31.3 Å². The van der Waals surface area contributed by atoms with Crippen molar-refractivity contribution in [2.24, 2.45) is 5.92 Å². The maximum absolute atomic E-state index is 12.1. The number of carboxylic acid groups (broad SMARTS) is 1. The molecular weight excluding hydrogens is 248 g/mol. The van der Waals surface area contributed by atoms with Crippen molar-refractivity contribution in [3.8, 4) is 0 Å². The van der Waals surface area contributed by atoms with E-state index in [2.05, 4.69) is 10.6 Å². The fourth-order valence-corrected chi connectivity index (χ4v) is 2.03. The smallest absolute Gasteiger partial charge is 0.335 e. The minimum Gasteiger partial charge on any atom is -0.478 e. The average molecular weight is 264 g/mol. The van der Waals surface area contributed by atoms with Crippen molar-refractivity contribution in [2.75, 3.05) is 25.6 Å². The van der Waals surface area contributed by atoms with Crippen LogP contribution in [0.15, 0.2) is 24.3 Å². The minimum atomic E-state index is -0.989. The number of likely N-dealkylation sites (N-methyl/N-ethyl adjacent to an activating group) is 1. The Labute approximate surface area is 110 Å². The summed E-state index contributed by atoms with van der Waals surface area (Å²) in [6.45, 7) is 0.914. The molecule has 2 rings (SSSR count). The van der Waals surface area contributed by atoms with Crippen LogP contribution >= 0.6 is 0 Å². The van der Waals surface area contributed by atoms with Gasteiger partial charge >= 0.3 is 5.97 Å². The van der Waals surface area contributed by atoms with Crippen LogP contribution in [0.3, 0.4) is 0 Å². The summed E-state index contributed by atoms with van der Waals surface area (Å²) < 4.78 is 5.27. The Bertz CT molecular complexity index is 472.